The van der Waals surface area contributed by atoms with E-state index in [2.05, 4.69) is 5.16 Å². The quantitative estimate of drug-likeness (QED) is 0.901. The molecule has 5 heteroatoms. The van der Waals surface area contributed by atoms with Gasteiger partial charge in [-0.15, -0.1) is 0 Å². The maximum Gasteiger partial charge on any atom is 0.359 e. The van der Waals surface area contributed by atoms with Crippen LogP contribution in [-0.2, 0) is 0 Å². The maximum absolute atomic E-state index is 10.9. The second kappa shape index (κ2) is 4.46. The first-order valence-corrected chi connectivity index (χ1v) is 5.77. The average molecular weight is 266 g/mol. The van der Waals surface area contributed by atoms with Crippen LogP contribution in [-0.4, -0.2) is 16.2 Å². The summed E-state index contributed by atoms with van der Waals surface area (Å²) >= 11 is 5.98. The zero-order valence-corrected chi connectivity index (χ0v) is 11.0. The number of carboxylic acids is 1. The lowest BCUT2D eigenvalue weighted by atomic mass is 9.97. The van der Waals surface area contributed by atoms with Crippen molar-refractivity contribution in [2.75, 3.05) is 0 Å². The molecule has 1 heterocycles. The Hall–Kier alpha value is -1.81. The first-order chi connectivity index (χ1) is 8.43. The van der Waals surface area contributed by atoms with Gasteiger partial charge in [-0.2, -0.15) is 0 Å². The van der Waals surface area contributed by atoms with Crippen molar-refractivity contribution in [2.45, 2.75) is 20.8 Å². The minimum atomic E-state index is -1.20. The van der Waals surface area contributed by atoms with Crippen molar-refractivity contribution in [1.29, 1.82) is 0 Å². The Morgan fingerprint density at radius 2 is 1.94 bits per heavy atom. The van der Waals surface area contributed by atoms with Crippen LogP contribution in [0.4, 0.5) is 0 Å². The molecule has 0 unspecified atom stereocenters. The molecule has 1 N–H and O–H groups in total. The smallest absolute Gasteiger partial charge is 0.359 e. The zero-order valence-electron chi connectivity index (χ0n) is 10.2. The van der Waals surface area contributed by atoms with Crippen molar-refractivity contribution in [2.24, 2.45) is 0 Å². The lowest BCUT2D eigenvalue weighted by Gasteiger charge is -2.08. The van der Waals surface area contributed by atoms with Gasteiger partial charge in [0.05, 0.1) is 0 Å². The molecule has 0 bridgehead atoms. The van der Waals surface area contributed by atoms with Crippen LogP contribution in [0.25, 0.3) is 11.3 Å². The summed E-state index contributed by atoms with van der Waals surface area (Å²) in [4.78, 5) is 10.9. The van der Waals surface area contributed by atoms with Gasteiger partial charge in [-0.3, -0.25) is 0 Å². The van der Waals surface area contributed by atoms with Gasteiger partial charge < -0.3 is 9.63 Å². The van der Waals surface area contributed by atoms with Gasteiger partial charge in [-0.25, -0.2) is 4.79 Å². The van der Waals surface area contributed by atoms with Gasteiger partial charge in [0, 0.05) is 5.56 Å². The lowest BCUT2D eigenvalue weighted by Crippen LogP contribution is -1.96. The molecule has 1 aromatic heterocycles. The normalized spacial score (nSPS) is 10.7. The first kappa shape index (κ1) is 12.6. The lowest BCUT2D eigenvalue weighted by molar-refractivity contribution is 0.0686. The van der Waals surface area contributed by atoms with Crippen molar-refractivity contribution in [3.05, 3.63) is 39.5 Å². The van der Waals surface area contributed by atoms with Crippen molar-refractivity contribution >= 4 is 17.6 Å². The van der Waals surface area contributed by atoms with Gasteiger partial charge in [-0.1, -0.05) is 28.9 Å². The van der Waals surface area contributed by atoms with Gasteiger partial charge in [0.1, 0.15) is 5.02 Å². The number of carboxylic acid groups (broad SMARTS) is 1. The molecule has 0 saturated carbocycles. The fourth-order valence-corrected chi connectivity index (χ4v) is 2.03. The summed E-state index contributed by atoms with van der Waals surface area (Å²) in [7, 11) is 0. The van der Waals surface area contributed by atoms with Gasteiger partial charge in [0.2, 0.25) is 5.69 Å². The van der Waals surface area contributed by atoms with Gasteiger partial charge in [0.25, 0.3) is 0 Å². The van der Waals surface area contributed by atoms with Crippen LogP contribution in [0.3, 0.4) is 0 Å². The molecular weight excluding hydrogens is 254 g/mol. The summed E-state index contributed by atoms with van der Waals surface area (Å²) in [6.07, 6.45) is 0. The molecule has 2 aromatic rings. The third-order valence-corrected chi connectivity index (χ3v) is 3.49. The molecule has 0 spiro atoms. The van der Waals surface area contributed by atoms with E-state index in [1.54, 1.807) is 0 Å². The monoisotopic (exact) mass is 265 g/mol. The van der Waals surface area contributed by atoms with E-state index >= 15 is 0 Å². The van der Waals surface area contributed by atoms with Crippen LogP contribution in [0.15, 0.2) is 16.7 Å². The molecule has 2 rings (SSSR count). The molecule has 0 aliphatic carbocycles. The number of hydrogen-bond acceptors (Lipinski definition) is 3. The minimum Gasteiger partial charge on any atom is -0.476 e. The fraction of sp³-hybridized carbons (Fsp3) is 0.231. The molecule has 18 heavy (non-hydrogen) atoms. The van der Waals surface area contributed by atoms with E-state index in [0.717, 1.165) is 22.3 Å². The second-order valence-electron chi connectivity index (χ2n) is 4.16. The third-order valence-electron chi connectivity index (χ3n) is 3.14. The Morgan fingerprint density at radius 1 is 1.28 bits per heavy atom. The Morgan fingerprint density at radius 3 is 2.50 bits per heavy atom. The summed E-state index contributed by atoms with van der Waals surface area (Å²) in [5.74, 6) is -0.897. The van der Waals surface area contributed by atoms with Crippen LogP contribution in [0.2, 0.25) is 5.02 Å². The van der Waals surface area contributed by atoms with E-state index < -0.39 is 5.97 Å². The molecular formula is C13H12ClNO3. The number of nitrogens with zero attached hydrogens (tertiary/aromatic N) is 1. The van der Waals surface area contributed by atoms with E-state index in [9.17, 15) is 4.79 Å². The highest BCUT2D eigenvalue weighted by Gasteiger charge is 2.22. The van der Waals surface area contributed by atoms with Crippen molar-refractivity contribution in [3.8, 4) is 11.3 Å². The van der Waals surface area contributed by atoms with Gasteiger partial charge in [-0.05, 0) is 37.5 Å². The Kier molecular flexibility index (Phi) is 3.13. The molecule has 0 saturated heterocycles. The number of carbonyl (C=O) groups is 1. The van der Waals surface area contributed by atoms with Crippen LogP contribution in [0.1, 0.15) is 27.2 Å². The molecule has 4 nitrogen and oxygen atoms in total. The Balaban J connectivity index is 2.63. The van der Waals surface area contributed by atoms with Crippen LogP contribution < -0.4 is 0 Å². The molecule has 0 atom stereocenters. The topological polar surface area (TPSA) is 63.3 Å². The van der Waals surface area contributed by atoms with E-state index in [1.807, 2.05) is 32.9 Å². The highest BCUT2D eigenvalue weighted by molar-refractivity contribution is 6.35. The largest absolute Gasteiger partial charge is 0.476 e. The number of halogens is 1. The van der Waals surface area contributed by atoms with Crippen LogP contribution in [0, 0.1) is 20.8 Å². The standard InChI is InChI=1S/C13H12ClNO3/c1-6-4-5-9(8(3)7(6)2)12-10(14)11(13(16)17)15-18-12/h4-5H,1-3H3,(H,16,17). The zero-order chi connectivity index (χ0) is 13.4. The molecule has 0 amide bonds. The summed E-state index contributed by atoms with van der Waals surface area (Å²) < 4.78 is 5.06. The summed E-state index contributed by atoms with van der Waals surface area (Å²) in [5.41, 5.74) is 3.79. The fourth-order valence-electron chi connectivity index (χ4n) is 1.78. The third kappa shape index (κ3) is 1.88. The number of aryl methyl sites for hydroxylation is 1. The molecule has 0 aliphatic heterocycles. The number of aromatic carboxylic acids is 1. The maximum atomic E-state index is 10.9. The van der Waals surface area contributed by atoms with Gasteiger partial charge in [0.15, 0.2) is 5.76 Å². The average Bonchev–Trinajstić information content (AvgIpc) is 2.69. The predicted molar refractivity (Wildman–Crippen MR) is 68.1 cm³/mol. The Bertz CT molecular complexity index is 631. The first-order valence-electron chi connectivity index (χ1n) is 5.39. The van der Waals surface area contributed by atoms with Crippen LogP contribution in [0.5, 0.6) is 0 Å². The highest BCUT2D eigenvalue weighted by Crippen LogP contribution is 2.34. The van der Waals surface area contributed by atoms with Crippen molar-refractivity contribution in [3.63, 3.8) is 0 Å². The van der Waals surface area contributed by atoms with E-state index in [1.165, 1.54) is 0 Å². The van der Waals surface area contributed by atoms with Crippen LogP contribution >= 0.6 is 11.6 Å². The van der Waals surface area contributed by atoms with E-state index in [4.69, 9.17) is 21.2 Å². The highest BCUT2D eigenvalue weighted by atomic mass is 35.5. The minimum absolute atomic E-state index is 0.0360. The number of hydrogen-bond donors (Lipinski definition) is 1. The number of benzene rings is 1. The summed E-state index contributed by atoms with van der Waals surface area (Å²) in [5, 5.41) is 12.4. The van der Waals surface area contributed by atoms with Gasteiger partial charge >= 0.3 is 5.97 Å². The van der Waals surface area contributed by atoms with Crippen molar-refractivity contribution < 1.29 is 14.4 Å². The predicted octanol–water partition coefficient (Wildman–Crippen LogP) is 3.62. The second-order valence-corrected chi connectivity index (χ2v) is 4.54. The summed E-state index contributed by atoms with van der Waals surface area (Å²) in [6, 6.07) is 3.80. The molecule has 0 radical (unpaired) electrons. The molecule has 1 aromatic carbocycles. The van der Waals surface area contributed by atoms with Crippen molar-refractivity contribution in [1.82, 2.24) is 5.16 Å². The molecule has 0 aliphatic rings. The SMILES string of the molecule is Cc1ccc(-c2onc(C(=O)O)c2Cl)c(C)c1C. The van der Waals surface area contributed by atoms with E-state index in [0.29, 0.717) is 5.76 Å². The Labute approximate surface area is 109 Å². The van der Waals surface area contributed by atoms with E-state index in [-0.39, 0.29) is 10.7 Å². The number of rotatable bonds is 2. The molecule has 0 fully saturated rings. The number of aromatic nitrogens is 1. The summed E-state index contributed by atoms with van der Waals surface area (Å²) in [6.45, 7) is 5.95. The molecule has 94 valence electrons.